The van der Waals surface area contributed by atoms with Gasteiger partial charge in [-0.1, -0.05) is 12.1 Å². The van der Waals surface area contributed by atoms with Gasteiger partial charge in [-0.15, -0.1) is 0 Å². The summed E-state index contributed by atoms with van der Waals surface area (Å²) in [6, 6.07) is 11.9. The number of hydrogen-bond acceptors (Lipinski definition) is 5. The molecule has 0 fully saturated rings. The van der Waals surface area contributed by atoms with E-state index in [0.717, 1.165) is 0 Å². The number of nitriles is 1. The zero-order valence-electron chi connectivity index (χ0n) is 16.3. The van der Waals surface area contributed by atoms with Crippen LogP contribution < -0.4 is 10.5 Å². The van der Waals surface area contributed by atoms with E-state index in [1.807, 2.05) is 0 Å². The Balaban J connectivity index is 1.70. The SMILES string of the molecule is N#CC1=C(N)OC2=C(C(=O)CCC2)[C@@H]1c1cc(Br)c(OCc2cccc(F)c2)c(Br)c1. The molecule has 0 saturated heterocycles. The molecule has 0 bridgehead atoms. The van der Waals surface area contributed by atoms with E-state index in [-0.39, 0.29) is 29.7 Å². The third-order valence-electron chi connectivity index (χ3n) is 5.23. The van der Waals surface area contributed by atoms with Gasteiger partial charge in [0.1, 0.15) is 35.6 Å². The van der Waals surface area contributed by atoms with Crippen LogP contribution in [0.25, 0.3) is 0 Å². The third-order valence-corrected chi connectivity index (χ3v) is 6.41. The fourth-order valence-electron chi connectivity index (χ4n) is 3.86. The monoisotopic (exact) mass is 546 g/mol. The second-order valence-electron chi connectivity index (χ2n) is 7.27. The number of benzene rings is 2. The summed E-state index contributed by atoms with van der Waals surface area (Å²) >= 11 is 7.04. The van der Waals surface area contributed by atoms with Crippen LogP contribution in [0.2, 0.25) is 0 Å². The second-order valence-corrected chi connectivity index (χ2v) is 8.98. The van der Waals surface area contributed by atoms with Crippen LogP contribution in [-0.2, 0) is 16.1 Å². The standard InChI is InChI=1S/C23H17Br2FN2O3/c24-16-8-13(9-17(25)22(16)30-11-12-3-1-4-14(26)7-12)20-15(10-27)23(28)31-19-6-2-5-18(29)21(19)20/h1,3-4,7-9,20H,2,5-6,11,28H2/t20-/m1/s1. The van der Waals surface area contributed by atoms with Crippen molar-refractivity contribution in [3.8, 4) is 11.8 Å². The highest BCUT2D eigenvalue weighted by Crippen LogP contribution is 2.46. The zero-order valence-corrected chi connectivity index (χ0v) is 19.4. The van der Waals surface area contributed by atoms with E-state index < -0.39 is 5.92 Å². The molecule has 2 aliphatic rings. The van der Waals surface area contributed by atoms with Gasteiger partial charge in [-0.25, -0.2) is 4.39 Å². The van der Waals surface area contributed by atoms with Crippen molar-refractivity contribution in [3.05, 3.63) is 85.1 Å². The number of ketones is 1. The van der Waals surface area contributed by atoms with E-state index in [0.29, 0.717) is 56.4 Å². The van der Waals surface area contributed by atoms with Gasteiger partial charge in [-0.05, 0) is 73.7 Å². The lowest BCUT2D eigenvalue weighted by atomic mass is 9.77. The van der Waals surface area contributed by atoms with Gasteiger partial charge in [0.2, 0.25) is 5.88 Å². The average molecular weight is 548 g/mol. The molecule has 2 N–H and O–H groups in total. The van der Waals surface area contributed by atoms with E-state index in [1.54, 1.807) is 24.3 Å². The average Bonchev–Trinajstić information content (AvgIpc) is 2.72. The van der Waals surface area contributed by atoms with Crippen molar-refractivity contribution < 1.29 is 18.7 Å². The number of nitrogens with two attached hydrogens (primary N) is 1. The minimum atomic E-state index is -0.605. The summed E-state index contributed by atoms with van der Waals surface area (Å²) in [5, 5.41) is 9.72. The quantitative estimate of drug-likeness (QED) is 0.527. The predicted octanol–water partition coefficient (Wildman–Crippen LogP) is 5.74. The Kier molecular flexibility index (Phi) is 6.17. The van der Waals surface area contributed by atoms with Crippen LogP contribution in [0.15, 0.2) is 68.1 Å². The molecule has 1 aliphatic carbocycles. The predicted molar refractivity (Wildman–Crippen MR) is 119 cm³/mol. The van der Waals surface area contributed by atoms with Gasteiger partial charge < -0.3 is 15.2 Å². The smallest absolute Gasteiger partial charge is 0.205 e. The maximum Gasteiger partial charge on any atom is 0.205 e. The van der Waals surface area contributed by atoms with E-state index in [9.17, 15) is 14.4 Å². The van der Waals surface area contributed by atoms with E-state index in [1.165, 1.54) is 12.1 Å². The number of hydrogen-bond donors (Lipinski definition) is 1. The molecule has 0 saturated carbocycles. The third kappa shape index (κ3) is 4.25. The maximum absolute atomic E-state index is 13.4. The molecule has 31 heavy (non-hydrogen) atoms. The number of carbonyl (C=O) groups excluding carboxylic acids is 1. The first-order chi connectivity index (χ1) is 14.9. The molecule has 4 rings (SSSR count). The van der Waals surface area contributed by atoms with Crippen molar-refractivity contribution in [2.24, 2.45) is 5.73 Å². The van der Waals surface area contributed by atoms with Gasteiger partial charge in [0, 0.05) is 18.4 Å². The molecule has 0 radical (unpaired) electrons. The largest absolute Gasteiger partial charge is 0.487 e. The van der Waals surface area contributed by atoms with Crippen molar-refractivity contribution in [1.82, 2.24) is 0 Å². The van der Waals surface area contributed by atoms with Crippen LogP contribution >= 0.6 is 31.9 Å². The van der Waals surface area contributed by atoms with Crippen molar-refractivity contribution in [2.75, 3.05) is 0 Å². The van der Waals surface area contributed by atoms with Crippen LogP contribution in [0.5, 0.6) is 5.75 Å². The van der Waals surface area contributed by atoms with Gasteiger partial charge in [-0.2, -0.15) is 5.26 Å². The van der Waals surface area contributed by atoms with Gasteiger partial charge in [0.25, 0.3) is 0 Å². The molecule has 8 heteroatoms. The lowest BCUT2D eigenvalue weighted by Gasteiger charge is -2.31. The van der Waals surface area contributed by atoms with Crippen LogP contribution in [-0.4, -0.2) is 5.78 Å². The first-order valence-corrected chi connectivity index (χ1v) is 11.2. The first kappa shape index (κ1) is 21.6. The van der Waals surface area contributed by atoms with Crippen molar-refractivity contribution >= 4 is 37.6 Å². The minimum Gasteiger partial charge on any atom is -0.487 e. The number of carbonyl (C=O) groups is 1. The Morgan fingerprint density at radius 1 is 1.23 bits per heavy atom. The van der Waals surface area contributed by atoms with Crippen molar-refractivity contribution in [1.29, 1.82) is 5.26 Å². The molecule has 0 aromatic heterocycles. The second kappa shape index (κ2) is 8.85. The fraction of sp³-hybridized carbons (Fsp3) is 0.217. The number of Topliss-reactive ketones (excluding diaryl/α,β-unsaturated/α-hetero) is 1. The lowest BCUT2D eigenvalue weighted by Crippen LogP contribution is -2.27. The molecular weight excluding hydrogens is 531 g/mol. The Bertz CT molecular complexity index is 1160. The summed E-state index contributed by atoms with van der Waals surface area (Å²) < 4.78 is 26.2. The van der Waals surface area contributed by atoms with Gasteiger partial charge in [0.15, 0.2) is 5.78 Å². The summed E-state index contributed by atoms with van der Waals surface area (Å²) in [5.74, 6) is 0.121. The number of rotatable bonds is 4. The molecular formula is C23H17Br2FN2O3. The number of halogens is 3. The molecule has 1 heterocycles. The summed E-state index contributed by atoms with van der Waals surface area (Å²) in [6.45, 7) is 0.176. The molecule has 2 aromatic carbocycles. The minimum absolute atomic E-state index is 0.0274. The highest BCUT2D eigenvalue weighted by atomic mass is 79.9. The topological polar surface area (TPSA) is 85.3 Å². The van der Waals surface area contributed by atoms with Crippen LogP contribution in [0.4, 0.5) is 4.39 Å². The van der Waals surface area contributed by atoms with E-state index >= 15 is 0 Å². The number of nitrogens with zero attached hydrogens (tertiary/aromatic N) is 1. The zero-order chi connectivity index (χ0) is 22.1. The van der Waals surface area contributed by atoms with Gasteiger partial charge >= 0.3 is 0 Å². The normalized spacial score (nSPS) is 18.4. The Hall–Kier alpha value is -2.63. The van der Waals surface area contributed by atoms with Crippen LogP contribution in [0, 0.1) is 17.1 Å². The molecule has 0 unspecified atom stereocenters. The molecule has 5 nitrogen and oxygen atoms in total. The molecule has 2 aromatic rings. The summed E-state index contributed by atoms with van der Waals surface area (Å²) in [5.41, 5.74) is 8.11. The molecule has 0 spiro atoms. The van der Waals surface area contributed by atoms with Gasteiger partial charge in [0.05, 0.1) is 14.9 Å². The Morgan fingerprint density at radius 2 is 1.97 bits per heavy atom. The van der Waals surface area contributed by atoms with Crippen molar-refractivity contribution in [2.45, 2.75) is 31.8 Å². The number of allylic oxidation sites excluding steroid dienone is 3. The molecule has 158 valence electrons. The highest BCUT2D eigenvalue weighted by Gasteiger charge is 2.38. The molecule has 1 atom stereocenters. The molecule has 0 amide bonds. The van der Waals surface area contributed by atoms with Crippen LogP contribution in [0.3, 0.4) is 0 Å². The lowest BCUT2D eigenvalue weighted by molar-refractivity contribution is -0.116. The Labute approximate surface area is 195 Å². The van der Waals surface area contributed by atoms with E-state index in [4.69, 9.17) is 15.2 Å². The fourth-order valence-corrected chi connectivity index (χ4v) is 5.31. The maximum atomic E-state index is 13.4. The Morgan fingerprint density at radius 3 is 2.65 bits per heavy atom. The number of ether oxygens (including phenoxy) is 2. The van der Waals surface area contributed by atoms with Gasteiger partial charge in [-0.3, -0.25) is 4.79 Å². The molecule has 1 aliphatic heterocycles. The first-order valence-electron chi connectivity index (χ1n) is 9.59. The summed E-state index contributed by atoms with van der Waals surface area (Å²) in [4.78, 5) is 12.7. The van der Waals surface area contributed by atoms with Crippen LogP contribution in [0.1, 0.15) is 36.3 Å². The van der Waals surface area contributed by atoms with Crippen molar-refractivity contribution in [3.63, 3.8) is 0 Å². The highest BCUT2D eigenvalue weighted by molar-refractivity contribution is 9.11. The van der Waals surface area contributed by atoms with E-state index in [2.05, 4.69) is 37.9 Å². The summed E-state index contributed by atoms with van der Waals surface area (Å²) in [6.07, 6.45) is 1.71. The summed E-state index contributed by atoms with van der Waals surface area (Å²) in [7, 11) is 0.